The van der Waals surface area contributed by atoms with E-state index in [0.29, 0.717) is 31.0 Å². The van der Waals surface area contributed by atoms with Crippen LogP contribution < -0.4 is 14.8 Å². The van der Waals surface area contributed by atoms with Crippen molar-refractivity contribution in [3.05, 3.63) is 88.2 Å². The van der Waals surface area contributed by atoms with Gasteiger partial charge >= 0.3 is 0 Å². The number of nitrogens with zero attached hydrogens (tertiary/aromatic N) is 2. The second-order valence-electron chi connectivity index (χ2n) is 8.48. The zero-order valence-electron chi connectivity index (χ0n) is 20.3. The zero-order valence-corrected chi connectivity index (χ0v) is 21.1. The van der Waals surface area contributed by atoms with Crippen molar-refractivity contribution >= 4 is 28.5 Å². The van der Waals surface area contributed by atoms with Gasteiger partial charge in [0.25, 0.3) is 5.91 Å². The van der Waals surface area contributed by atoms with Crippen molar-refractivity contribution in [2.75, 3.05) is 20.3 Å². The van der Waals surface area contributed by atoms with Crippen molar-refractivity contribution in [1.82, 2.24) is 14.9 Å². The first kappa shape index (κ1) is 24.6. The molecule has 6 nitrogen and oxygen atoms in total. The highest BCUT2D eigenvalue weighted by atomic mass is 35.5. The van der Waals surface area contributed by atoms with E-state index in [0.717, 1.165) is 51.6 Å². The van der Waals surface area contributed by atoms with Gasteiger partial charge in [-0.05, 0) is 73.9 Å². The Morgan fingerprint density at radius 1 is 1.03 bits per heavy atom. The lowest BCUT2D eigenvalue weighted by Crippen LogP contribution is -2.25. The number of benzene rings is 3. The number of aromatic nitrogens is 2. The summed E-state index contributed by atoms with van der Waals surface area (Å²) in [6.45, 7) is 5.71. The molecule has 7 heteroatoms. The molecule has 4 aromatic rings. The van der Waals surface area contributed by atoms with Crippen LogP contribution in [0.25, 0.3) is 11.0 Å². The molecule has 1 N–H and O–H groups in total. The fourth-order valence-corrected chi connectivity index (χ4v) is 4.23. The number of fused-ring (bicyclic) bond motifs is 1. The maximum absolute atomic E-state index is 12.5. The number of nitrogens with one attached hydrogen (secondary N) is 1. The van der Waals surface area contributed by atoms with E-state index in [2.05, 4.69) is 16.0 Å². The highest BCUT2D eigenvalue weighted by Crippen LogP contribution is 2.26. The highest BCUT2D eigenvalue weighted by Gasteiger charge is 2.12. The Hall–Kier alpha value is -3.51. The van der Waals surface area contributed by atoms with Gasteiger partial charge < -0.3 is 19.4 Å². The molecule has 0 saturated heterocycles. The van der Waals surface area contributed by atoms with Crippen molar-refractivity contribution in [3.63, 3.8) is 0 Å². The molecule has 0 radical (unpaired) electrons. The van der Waals surface area contributed by atoms with E-state index in [1.165, 1.54) is 0 Å². The van der Waals surface area contributed by atoms with Gasteiger partial charge in [-0.15, -0.1) is 0 Å². The molecule has 35 heavy (non-hydrogen) atoms. The molecular weight excluding hydrogens is 462 g/mol. The molecule has 3 aromatic carbocycles. The lowest BCUT2D eigenvalue weighted by atomic mass is 10.1. The summed E-state index contributed by atoms with van der Waals surface area (Å²) in [4.78, 5) is 17.3. The van der Waals surface area contributed by atoms with Gasteiger partial charge in [0.1, 0.15) is 23.9 Å². The number of hydrogen-bond donors (Lipinski definition) is 1. The minimum atomic E-state index is -0.112. The van der Waals surface area contributed by atoms with Gasteiger partial charge in [-0.1, -0.05) is 29.8 Å². The number of carbonyl (C=O) groups is 1. The van der Waals surface area contributed by atoms with Crippen LogP contribution in [0.15, 0.2) is 60.7 Å². The van der Waals surface area contributed by atoms with Crippen molar-refractivity contribution < 1.29 is 14.3 Å². The first-order valence-corrected chi connectivity index (χ1v) is 12.1. The van der Waals surface area contributed by atoms with E-state index in [1.54, 1.807) is 19.2 Å². The molecule has 0 aliphatic heterocycles. The van der Waals surface area contributed by atoms with E-state index in [9.17, 15) is 4.79 Å². The normalized spacial score (nSPS) is 11.0. The summed E-state index contributed by atoms with van der Waals surface area (Å²) in [7, 11) is 1.59. The second kappa shape index (κ2) is 11.3. The van der Waals surface area contributed by atoms with Gasteiger partial charge in [0.05, 0.1) is 24.7 Å². The number of rotatable bonds is 10. The van der Waals surface area contributed by atoms with Crippen LogP contribution >= 0.6 is 11.6 Å². The quantitative estimate of drug-likeness (QED) is 0.286. The predicted octanol–water partition coefficient (Wildman–Crippen LogP) is 5.76. The molecule has 0 spiro atoms. The molecule has 0 bridgehead atoms. The van der Waals surface area contributed by atoms with Crippen molar-refractivity contribution in [3.8, 4) is 11.5 Å². The van der Waals surface area contributed by atoms with Crippen LogP contribution in [0, 0.1) is 13.8 Å². The minimum absolute atomic E-state index is 0.112. The lowest BCUT2D eigenvalue weighted by Gasteiger charge is -2.13. The Labute approximate surface area is 210 Å². The van der Waals surface area contributed by atoms with Crippen LogP contribution in [0.2, 0.25) is 5.02 Å². The fourth-order valence-electron chi connectivity index (χ4n) is 4.12. The number of imidazole rings is 1. The van der Waals surface area contributed by atoms with Crippen LogP contribution in [-0.4, -0.2) is 35.7 Å². The molecule has 0 fully saturated rings. The monoisotopic (exact) mass is 491 g/mol. The number of para-hydroxylation sites is 2. The van der Waals surface area contributed by atoms with E-state index in [1.807, 2.05) is 56.3 Å². The van der Waals surface area contributed by atoms with Gasteiger partial charge in [-0.2, -0.15) is 0 Å². The minimum Gasteiger partial charge on any atom is -0.497 e. The third-order valence-corrected chi connectivity index (χ3v) is 6.52. The van der Waals surface area contributed by atoms with Gasteiger partial charge in [-0.25, -0.2) is 4.98 Å². The molecule has 0 unspecified atom stereocenters. The summed E-state index contributed by atoms with van der Waals surface area (Å²) in [5, 5.41) is 3.76. The Balaban J connectivity index is 1.37. The topological polar surface area (TPSA) is 65.4 Å². The number of aryl methyl sites for hydroxylation is 3. The van der Waals surface area contributed by atoms with Gasteiger partial charge in [0, 0.05) is 23.6 Å². The van der Waals surface area contributed by atoms with Gasteiger partial charge in [0.2, 0.25) is 0 Å². The van der Waals surface area contributed by atoms with Crippen LogP contribution in [0.1, 0.15) is 33.7 Å². The molecule has 182 valence electrons. The third-order valence-electron chi connectivity index (χ3n) is 5.92. The molecule has 1 heterocycles. The smallest absolute Gasteiger partial charge is 0.251 e. The van der Waals surface area contributed by atoms with E-state index < -0.39 is 0 Å². The molecule has 4 rings (SSSR count). The molecule has 0 aliphatic carbocycles. The summed E-state index contributed by atoms with van der Waals surface area (Å²) in [5.41, 5.74) is 4.63. The Morgan fingerprint density at radius 3 is 2.57 bits per heavy atom. The highest BCUT2D eigenvalue weighted by molar-refractivity contribution is 6.32. The largest absolute Gasteiger partial charge is 0.497 e. The summed E-state index contributed by atoms with van der Waals surface area (Å²) in [6.07, 6.45) is 1.52. The summed E-state index contributed by atoms with van der Waals surface area (Å²) < 4.78 is 13.5. The van der Waals surface area contributed by atoms with Crippen LogP contribution in [-0.2, 0) is 13.0 Å². The number of amides is 1. The SMILES string of the molecule is COc1cccc(C(=O)NCCCc2nc3ccccc3n2CCOc2cc(C)c(Cl)c(C)c2)c1. The van der Waals surface area contributed by atoms with E-state index >= 15 is 0 Å². The Morgan fingerprint density at radius 2 is 1.80 bits per heavy atom. The molecule has 1 aromatic heterocycles. The molecule has 1 amide bonds. The molecule has 0 saturated carbocycles. The van der Waals surface area contributed by atoms with Gasteiger partial charge in [-0.3, -0.25) is 4.79 Å². The number of hydrogen-bond acceptors (Lipinski definition) is 4. The summed E-state index contributed by atoms with van der Waals surface area (Å²) in [6, 6.07) is 19.2. The van der Waals surface area contributed by atoms with Crippen molar-refractivity contribution in [1.29, 1.82) is 0 Å². The van der Waals surface area contributed by atoms with Crippen LogP contribution in [0.4, 0.5) is 0 Å². The van der Waals surface area contributed by atoms with E-state index in [4.69, 9.17) is 26.1 Å². The number of halogens is 1. The number of carbonyl (C=O) groups excluding carboxylic acids is 1. The number of ether oxygens (including phenoxy) is 2. The third kappa shape index (κ3) is 5.95. The summed E-state index contributed by atoms with van der Waals surface area (Å²) in [5.74, 6) is 2.35. The first-order valence-electron chi connectivity index (χ1n) is 11.7. The van der Waals surface area contributed by atoms with Crippen LogP contribution in [0.3, 0.4) is 0 Å². The Bertz CT molecular complexity index is 1310. The summed E-state index contributed by atoms with van der Waals surface area (Å²) >= 11 is 6.28. The second-order valence-corrected chi connectivity index (χ2v) is 8.86. The lowest BCUT2D eigenvalue weighted by molar-refractivity contribution is 0.0952. The number of methoxy groups -OCH3 is 1. The first-order chi connectivity index (χ1) is 17.0. The predicted molar refractivity (Wildman–Crippen MR) is 140 cm³/mol. The maximum Gasteiger partial charge on any atom is 0.251 e. The standard InChI is InChI=1S/C28H30ClN3O3/c1-19-16-23(17-20(2)27(19)29)35-15-14-32-25-11-5-4-10-24(25)31-26(32)12-7-13-30-28(33)21-8-6-9-22(18-21)34-3/h4-6,8-11,16-18H,7,12-15H2,1-3H3,(H,30,33). The average molecular weight is 492 g/mol. The fraction of sp³-hybridized carbons (Fsp3) is 0.286. The van der Waals surface area contributed by atoms with Crippen molar-refractivity contribution in [2.45, 2.75) is 33.2 Å². The molecule has 0 aliphatic rings. The van der Waals surface area contributed by atoms with Crippen LogP contribution in [0.5, 0.6) is 11.5 Å². The maximum atomic E-state index is 12.5. The molecular formula is C28H30ClN3O3. The van der Waals surface area contributed by atoms with Gasteiger partial charge in [0.15, 0.2) is 0 Å². The Kier molecular flexibility index (Phi) is 7.93. The zero-order chi connectivity index (χ0) is 24.8. The van der Waals surface area contributed by atoms with E-state index in [-0.39, 0.29) is 5.91 Å². The average Bonchev–Trinajstić information content (AvgIpc) is 3.22. The molecule has 0 atom stereocenters. The van der Waals surface area contributed by atoms with Crippen molar-refractivity contribution in [2.24, 2.45) is 0 Å².